The van der Waals surface area contributed by atoms with Crippen molar-refractivity contribution in [2.45, 2.75) is 30.0 Å². The van der Waals surface area contributed by atoms with E-state index in [2.05, 4.69) is 26.0 Å². The predicted octanol–water partition coefficient (Wildman–Crippen LogP) is 4.89. The van der Waals surface area contributed by atoms with Crippen LogP contribution in [0.2, 0.25) is 5.02 Å². The molecule has 0 aliphatic heterocycles. The molecule has 2 aromatic rings. The summed E-state index contributed by atoms with van der Waals surface area (Å²) in [5.74, 6) is 0. The predicted molar refractivity (Wildman–Crippen MR) is 82.8 cm³/mol. The zero-order valence-corrected chi connectivity index (χ0v) is 12.8. The van der Waals surface area contributed by atoms with Crippen LogP contribution >= 0.6 is 34.7 Å². The normalized spacial score (nSPS) is 14.4. The van der Waals surface area contributed by atoms with Crippen molar-refractivity contribution in [3.63, 3.8) is 0 Å². The molecule has 0 amide bonds. The number of nitrogens with two attached hydrogens (primary N) is 1. The molecule has 0 bridgehead atoms. The maximum Gasteiger partial charge on any atom is 0.0586 e. The Labute approximate surface area is 121 Å². The van der Waals surface area contributed by atoms with Gasteiger partial charge in [-0.15, -0.1) is 23.1 Å². The summed E-state index contributed by atoms with van der Waals surface area (Å²) in [6.07, 6.45) is 0. The first-order valence-electron chi connectivity index (χ1n) is 5.80. The van der Waals surface area contributed by atoms with E-state index >= 15 is 0 Å². The smallest absolute Gasteiger partial charge is 0.0586 e. The van der Waals surface area contributed by atoms with Crippen LogP contribution in [0.4, 0.5) is 0 Å². The molecule has 2 unspecified atom stereocenters. The van der Waals surface area contributed by atoms with Crippen LogP contribution in [-0.2, 0) is 0 Å². The molecular weight excluding hydrogens is 282 g/mol. The number of hydrogen-bond donors (Lipinski definition) is 1. The van der Waals surface area contributed by atoms with Gasteiger partial charge in [-0.1, -0.05) is 11.6 Å². The van der Waals surface area contributed by atoms with E-state index in [1.165, 1.54) is 14.6 Å². The first-order valence-corrected chi connectivity index (χ1v) is 7.88. The zero-order chi connectivity index (χ0) is 13.1. The SMILES string of the molecule is Cc1ccc(C(Sc2ccc(Cl)cc2)C(C)N)s1. The van der Waals surface area contributed by atoms with Gasteiger partial charge in [0.15, 0.2) is 0 Å². The fourth-order valence-corrected chi connectivity index (χ4v) is 4.08. The highest BCUT2D eigenvalue weighted by Gasteiger charge is 2.19. The van der Waals surface area contributed by atoms with E-state index in [0.717, 1.165) is 5.02 Å². The molecule has 4 heteroatoms. The average molecular weight is 298 g/mol. The monoisotopic (exact) mass is 297 g/mol. The lowest BCUT2D eigenvalue weighted by Crippen LogP contribution is -2.21. The van der Waals surface area contributed by atoms with E-state index in [1.54, 1.807) is 11.8 Å². The van der Waals surface area contributed by atoms with Crippen molar-refractivity contribution in [2.75, 3.05) is 0 Å². The summed E-state index contributed by atoms with van der Waals surface area (Å²) in [6, 6.07) is 12.4. The molecular formula is C14H16ClNS2. The van der Waals surface area contributed by atoms with E-state index < -0.39 is 0 Å². The number of rotatable bonds is 4. The van der Waals surface area contributed by atoms with E-state index in [1.807, 2.05) is 35.6 Å². The van der Waals surface area contributed by atoms with Crippen molar-refractivity contribution >= 4 is 34.7 Å². The third-order valence-electron chi connectivity index (χ3n) is 2.60. The summed E-state index contributed by atoms with van der Waals surface area (Å²) in [7, 11) is 0. The van der Waals surface area contributed by atoms with E-state index in [9.17, 15) is 0 Å². The van der Waals surface area contributed by atoms with Crippen LogP contribution < -0.4 is 5.73 Å². The molecule has 1 heterocycles. The van der Waals surface area contributed by atoms with Gasteiger partial charge in [0.2, 0.25) is 0 Å². The molecule has 0 saturated carbocycles. The number of aryl methyl sites for hydroxylation is 1. The number of benzene rings is 1. The van der Waals surface area contributed by atoms with Crippen LogP contribution in [0.5, 0.6) is 0 Å². The molecule has 1 nitrogen and oxygen atoms in total. The summed E-state index contributed by atoms with van der Waals surface area (Å²) >= 11 is 9.52. The fourth-order valence-electron chi connectivity index (χ4n) is 1.69. The minimum Gasteiger partial charge on any atom is -0.327 e. The summed E-state index contributed by atoms with van der Waals surface area (Å²) in [5, 5.41) is 1.06. The summed E-state index contributed by atoms with van der Waals surface area (Å²) < 4.78 is 0. The van der Waals surface area contributed by atoms with Crippen LogP contribution in [0.1, 0.15) is 21.9 Å². The van der Waals surface area contributed by atoms with Crippen molar-refractivity contribution in [1.29, 1.82) is 0 Å². The molecule has 96 valence electrons. The lowest BCUT2D eigenvalue weighted by molar-refractivity contribution is 0.730. The van der Waals surface area contributed by atoms with Crippen LogP contribution in [0.3, 0.4) is 0 Å². The first-order chi connectivity index (χ1) is 8.56. The molecule has 0 radical (unpaired) electrons. The Balaban J connectivity index is 2.19. The van der Waals surface area contributed by atoms with Gasteiger partial charge >= 0.3 is 0 Å². The van der Waals surface area contributed by atoms with Gasteiger partial charge in [-0.3, -0.25) is 0 Å². The molecule has 1 aromatic carbocycles. The molecule has 0 aliphatic carbocycles. The highest BCUT2D eigenvalue weighted by molar-refractivity contribution is 7.99. The zero-order valence-electron chi connectivity index (χ0n) is 10.4. The van der Waals surface area contributed by atoms with Gasteiger partial charge in [-0.25, -0.2) is 0 Å². The van der Waals surface area contributed by atoms with Gasteiger partial charge in [0.1, 0.15) is 0 Å². The van der Waals surface area contributed by atoms with Gasteiger partial charge in [0, 0.05) is 25.7 Å². The van der Waals surface area contributed by atoms with E-state index in [-0.39, 0.29) is 6.04 Å². The van der Waals surface area contributed by atoms with Gasteiger partial charge in [-0.05, 0) is 50.2 Å². The van der Waals surface area contributed by atoms with Crippen molar-refractivity contribution in [3.8, 4) is 0 Å². The largest absolute Gasteiger partial charge is 0.327 e. The van der Waals surface area contributed by atoms with Gasteiger partial charge in [0.05, 0.1) is 5.25 Å². The van der Waals surface area contributed by atoms with Gasteiger partial charge < -0.3 is 5.73 Å². The summed E-state index contributed by atoms with van der Waals surface area (Å²) in [5.41, 5.74) is 6.12. The molecule has 0 fully saturated rings. The summed E-state index contributed by atoms with van der Waals surface area (Å²) in [4.78, 5) is 3.86. The lowest BCUT2D eigenvalue weighted by atomic mass is 10.2. The van der Waals surface area contributed by atoms with Crippen LogP contribution in [-0.4, -0.2) is 6.04 Å². The number of halogens is 1. The first kappa shape index (κ1) is 13.9. The van der Waals surface area contributed by atoms with Crippen LogP contribution in [0.15, 0.2) is 41.3 Å². The molecule has 1 aromatic heterocycles. The van der Waals surface area contributed by atoms with Crippen molar-refractivity contribution in [3.05, 3.63) is 51.2 Å². The van der Waals surface area contributed by atoms with Crippen LogP contribution in [0, 0.1) is 6.92 Å². The van der Waals surface area contributed by atoms with Gasteiger partial charge in [-0.2, -0.15) is 0 Å². The second-order valence-corrected chi connectivity index (χ2v) is 7.27. The number of thioether (sulfide) groups is 1. The standard InChI is InChI=1S/C14H16ClNS2/c1-9-3-8-13(17-9)14(10(2)16)18-12-6-4-11(15)5-7-12/h3-8,10,14H,16H2,1-2H3. The molecule has 0 spiro atoms. The third-order valence-corrected chi connectivity index (χ3v) is 5.56. The maximum atomic E-state index is 6.12. The minimum absolute atomic E-state index is 0.115. The Bertz CT molecular complexity index is 505. The number of thiophene rings is 1. The molecule has 18 heavy (non-hydrogen) atoms. The van der Waals surface area contributed by atoms with E-state index in [0.29, 0.717) is 5.25 Å². The number of hydrogen-bond acceptors (Lipinski definition) is 3. The molecule has 2 N–H and O–H groups in total. The van der Waals surface area contributed by atoms with E-state index in [4.69, 9.17) is 17.3 Å². The molecule has 0 aliphatic rings. The molecule has 2 atom stereocenters. The molecule has 0 saturated heterocycles. The van der Waals surface area contributed by atoms with Crippen molar-refractivity contribution in [2.24, 2.45) is 5.73 Å². The lowest BCUT2D eigenvalue weighted by Gasteiger charge is -2.19. The summed E-state index contributed by atoms with van der Waals surface area (Å²) in [6.45, 7) is 4.18. The quantitative estimate of drug-likeness (QED) is 0.813. The van der Waals surface area contributed by atoms with Crippen LogP contribution in [0.25, 0.3) is 0 Å². The van der Waals surface area contributed by atoms with Gasteiger partial charge in [0.25, 0.3) is 0 Å². The second-order valence-electron chi connectivity index (χ2n) is 4.30. The highest BCUT2D eigenvalue weighted by atomic mass is 35.5. The molecule has 2 rings (SSSR count). The third kappa shape index (κ3) is 3.51. The topological polar surface area (TPSA) is 26.0 Å². The Morgan fingerprint density at radius 2 is 1.83 bits per heavy atom. The second kappa shape index (κ2) is 6.11. The Kier molecular flexibility index (Phi) is 4.73. The highest BCUT2D eigenvalue weighted by Crippen LogP contribution is 2.40. The average Bonchev–Trinajstić information content (AvgIpc) is 2.74. The Morgan fingerprint density at radius 3 is 2.33 bits per heavy atom. The van der Waals surface area contributed by atoms with Crippen molar-refractivity contribution in [1.82, 2.24) is 0 Å². The van der Waals surface area contributed by atoms with Crippen molar-refractivity contribution < 1.29 is 0 Å². The Morgan fingerprint density at radius 1 is 1.17 bits per heavy atom. The maximum absolute atomic E-state index is 6.12. The minimum atomic E-state index is 0.115. The Hall–Kier alpha value is -0.480. The fraction of sp³-hybridized carbons (Fsp3) is 0.286.